The van der Waals surface area contributed by atoms with Crippen molar-refractivity contribution in [3.05, 3.63) is 59.2 Å². The number of rotatable bonds is 4. The van der Waals surface area contributed by atoms with E-state index in [1.54, 1.807) is 19.2 Å². The number of nitrogens with two attached hydrogens (primary N) is 1. The van der Waals surface area contributed by atoms with Gasteiger partial charge in [0.05, 0.1) is 5.69 Å². The number of ether oxygens (including phenoxy) is 1. The molecule has 160 valence electrons. The lowest BCUT2D eigenvalue weighted by Gasteiger charge is -2.33. The van der Waals surface area contributed by atoms with Crippen molar-refractivity contribution in [1.82, 2.24) is 14.5 Å². The second-order valence-corrected chi connectivity index (χ2v) is 7.62. The van der Waals surface area contributed by atoms with Gasteiger partial charge in [0.15, 0.2) is 17.9 Å². The standard InChI is InChI=1S/C20H22F2N4O4/c1-9-11-3-4-26(18(11)25-8-24-9)19-16(28)15(27)17(30-19)20(2,29)12-6-14(22)13(21)5-10(12)7-23/h3-6,8,15-17,19,27-29H,7,23H2,1-2H3/t15-,16+,17-,19+,20?/m0/s1. The zero-order valence-electron chi connectivity index (χ0n) is 16.3. The summed E-state index contributed by atoms with van der Waals surface area (Å²) < 4.78 is 34.9. The molecule has 1 unspecified atom stereocenters. The number of fused-ring (bicyclic) bond motifs is 1. The molecule has 3 heterocycles. The van der Waals surface area contributed by atoms with Crippen LogP contribution in [0.5, 0.6) is 0 Å². The van der Waals surface area contributed by atoms with E-state index in [0.29, 0.717) is 5.65 Å². The molecular formula is C20H22F2N4O4. The number of aliphatic hydroxyl groups excluding tert-OH is 2. The highest BCUT2D eigenvalue weighted by atomic mass is 19.2. The molecule has 10 heteroatoms. The Kier molecular flexibility index (Phi) is 5.07. The van der Waals surface area contributed by atoms with Crippen molar-refractivity contribution in [2.24, 2.45) is 5.73 Å². The maximum absolute atomic E-state index is 13.9. The molecule has 5 N–H and O–H groups in total. The Morgan fingerprint density at radius 2 is 1.90 bits per heavy atom. The molecule has 0 bridgehead atoms. The molecule has 4 rings (SSSR count). The lowest BCUT2D eigenvalue weighted by atomic mass is 9.84. The Morgan fingerprint density at radius 3 is 2.60 bits per heavy atom. The summed E-state index contributed by atoms with van der Waals surface area (Å²) in [5.41, 5.74) is 4.99. The molecule has 0 saturated carbocycles. The van der Waals surface area contributed by atoms with Gasteiger partial charge in [0.2, 0.25) is 0 Å². The molecule has 8 nitrogen and oxygen atoms in total. The number of benzene rings is 1. The Hall–Kier alpha value is -2.50. The molecule has 1 aromatic carbocycles. The van der Waals surface area contributed by atoms with Gasteiger partial charge in [-0.25, -0.2) is 18.7 Å². The van der Waals surface area contributed by atoms with Crippen molar-refractivity contribution >= 4 is 11.0 Å². The highest BCUT2D eigenvalue weighted by Crippen LogP contribution is 2.41. The van der Waals surface area contributed by atoms with E-state index in [2.05, 4.69) is 9.97 Å². The van der Waals surface area contributed by atoms with E-state index in [1.807, 2.05) is 0 Å². The predicted octanol–water partition coefficient (Wildman–Crippen LogP) is 1.00. The average molecular weight is 420 g/mol. The van der Waals surface area contributed by atoms with E-state index in [-0.39, 0.29) is 17.7 Å². The molecule has 5 atom stereocenters. The SMILES string of the molecule is Cc1ncnc2c1ccn2[C@@H]1O[C@H](C(C)(O)c2cc(F)c(F)cc2CN)[C@@H](O)[C@H]1O. The maximum Gasteiger partial charge on any atom is 0.164 e. The number of aryl methyl sites for hydroxylation is 1. The van der Waals surface area contributed by atoms with Crippen LogP contribution >= 0.6 is 0 Å². The van der Waals surface area contributed by atoms with Crippen LogP contribution in [0.3, 0.4) is 0 Å². The zero-order chi connectivity index (χ0) is 21.8. The summed E-state index contributed by atoms with van der Waals surface area (Å²) in [6.07, 6.45) is -2.37. The van der Waals surface area contributed by atoms with E-state index in [1.165, 1.54) is 17.8 Å². The summed E-state index contributed by atoms with van der Waals surface area (Å²) in [5.74, 6) is -2.27. The van der Waals surface area contributed by atoms with Crippen molar-refractivity contribution in [3.8, 4) is 0 Å². The van der Waals surface area contributed by atoms with Gasteiger partial charge in [-0.1, -0.05) is 0 Å². The Bertz CT molecular complexity index is 1100. The van der Waals surface area contributed by atoms with Gasteiger partial charge in [0.25, 0.3) is 0 Å². The van der Waals surface area contributed by atoms with Crippen LogP contribution in [0.25, 0.3) is 11.0 Å². The van der Waals surface area contributed by atoms with Crippen LogP contribution in [0.15, 0.2) is 30.7 Å². The quantitative estimate of drug-likeness (QED) is 0.496. The molecule has 2 aromatic heterocycles. The summed E-state index contributed by atoms with van der Waals surface area (Å²) in [7, 11) is 0. The van der Waals surface area contributed by atoms with Crippen LogP contribution in [0.4, 0.5) is 8.78 Å². The smallest absolute Gasteiger partial charge is 0.164 e. The Labute approximate surface area is 170 Å². The molecule has 0 spiro atoms. The van der Waals surface area contributed by atoms with Gasteiger partial charge in [-0.05, 0) is 43.2 Å². The molecule has 0 radical (unpaired) electrons. The first-order valence-electron chi connectivity index (χ1n) is 9.37. The van der Waals surface area contributed by atoms with Crippen LogP contribution in [0, 0.1) is 18.6 Å². The van der Waals surface area contributed by atoms with Gasteiger partial charge in [0.1, 0.15) is 35.9 Å². The Balaban J connectivity index is 1.74. The summed E-state index contributed by atoms with van der Waals surface area (Å²) in [4.78, 5) is 8.32. The number of hydrogen-bond acceptors (Lipinski definition) is 7. The van der Waals surface area contributed by atoms with Crippen molar-refractivity contribution < 1.29 is 28.8 Å². The fourth-order valence-corrected chi connectivity index (χ4v) is 4.04. The first-order valence-corrected chi connectivity index (χ1v) is 9.37. The van der Waals surface area contributed by atoms with E-state index in [9.17, 15) is 24.1 Å². The molecule has 1 fully saturated rings. The fraction of sp³-hybridized carbons (Fsp3) is 0.400. The topological polar surface area (TPSA) is 127 Å². The molecule has 0 aliphatic carbocycles. The van der Waals surface area contributed by atoms with Crippen molar-refractivity contribution in [2.45, 2.75) is 50.5 Å². The summed E-state index contributed by atoms with van der Waals surface area (Å²) >= 11 is 0. The summed E-state index contributed by atoms with van der Waals surface area (Å²) in [6, 6.07) is 3.48. The largest absolute Gasteiger partial charge is 0.387 e. The Morgan fingerprint density at radius 1 is 1.20 bits per heavy atom. The first kappa shape index (κ1) is 20.8. The van der Waals surface area contributed by atoms with Crippen LogP contribution in [-0.2, 0) is 16.9 Å². The first-order chi connectivity index (χ1) is 14.2. The third kappa shape index (κ3) is 3.08. The average Bonchev–Trinajstić information content (AvgIpc) is 3.26. The van der Waals surface area contributed by atoms with Crippen LogP contribution in [-0.4, -0.2) is 48.2 Å². The molecule has 1 aliphatic heterocycles. The highest BCUT2D eigenvalue weighted by Gasteiger charge is 2.53. The van der Waals surface area contributed by atoms with E-state index in [4.69, 9.17) is 10.5 Å². The van der Waals surface area contributed by atoms with Crippen LogP contribution < -0.4 is 5.73 Å². The van der Waals surface area contributed by atoms with Crippen LogP contribution in [0.2, 0.25) is 0 Å². The molecule has 1 saturated heterocycles. The van der Waals surface area contributed by atoms with Crippen molar-refractivity contribution in [1.29, 1.82) is 0 Å². The molecule has 1 aliphatic rings. The third-order valence-corrected chi connectivity index (χ3v) is 5.69. The number of aliphatic hydroxyl groups is 3. The van der Waals surface area contributed by atoms with Gasteiger partial charge < -0.3 is 30.4 Å². The molecule has 0 amide bonds. The summed E-state index contributed by atoms with van der Waals surface area (Å²) in [5, 5.41) is 33.3. The lowest BCUT2D eigenvalue weighted by molar-refractivity contribution is -0.136. The number of halogens is 2. The van der Waals surface area contributed by atoms with E-state index >= 15 is 0 Å². The van der Waals surface area contributed by atoms with Gasteiger partial charge in [0, 0.05) is 18.1 Å². The highest BCUT2D eigenvalue weighted by molar-refractivity contribution is 5.78. The fourth-order valence-electron chi connectivity index (χ4n) is 4.04. The lowest BCUT2D eigenvalue weighted by Crippen LogP contribution is -2.45. The number of hydrogen-bond donors (Lipinski definition) is 4. The molecule has 3 aromatic rings. The second-order valence-electron chi connectivity index (χ2n) is 7.62. The van der Waals surface area contributed by atoms with Gasteiger partial charge in [-0.2, -0.15) is 0 Å². The zero-order valence-corrected chi connectivity index (χ0v) is 16.3. The molecular weight excluding hydrogens is 398 g/mol. The van der Waals surface area contributed by atoms with Gasteiger partial charge in [-0.15, -0.1) is 0 Å². The summed E-state index contributed by atoms with van der Waals surface area (Å²) in [6.45, 7) is 2.93. The maximum atomic E-state index is 13.9. The number of aromatic nitrogens is 3. The minimum Gasteiger partial charge on any atom is -0.387 e. The minimum absolute atomic E-state index is 0.0312. The third-order valence-electron chi connectivity index (χ3n) is 5.69. The van der Waals surface area contributed by atoms with Gasteiger partial charge >= 0.3 is 0 Å². The van der Waals surface area contributed by atoms with E-state index in [0.717, 1.165) is 23.2 Å². The normalized spacial score (nSPS) is 26.3. The predicted molar refractivity (Wildman–Crippen MR) is 102 cm³/mol. The van der Waals surface area contributed by atoms with Crippen molar-refractivity contribution in [2.75, 3.05) is 0 Å². The van der Waals surface area contributed by atoms with Crippen molar-refractivity contribution in [3.63, 3.8) is 0 Å². The molecule has 30 heavy (non-hydrogen) atoms. The monoisotopic (exact) mass is 420 g/mol. The second kappa shape index (κ2) is 7.33. The number of nitrogens with zero attached hydrogens (tertiary/aromatic N) is 3. The van der Waals surface area contributed by atoms with Gasteiger partial charge in [-0.3, -0.25) is 0 Å². The van der Waals surface area contributed by atoms with Crippen LogP contribution in [0.1, 0.15) is 30.0 Å². The van der Waals surface area contributed by atoms with E-state index < -0.39 is 41.8 Å². The minimum atomic E-state index is -1.98.